The Labute approximate surface area is 145 Å². The second-order valence-corrected chi connectivity index (χ2v) is 8.22. The van der Waals surface area contributed by atoms with Gasteiger partial charge in [-0.15, -0.1) is 0 Å². The van der Waals surface area contributed by atoms with E-state index >= 15 is 0 Å². The Bertz CT molecular complexity index is 526. The first kappa shape index (κ1) is 18.4. The minimum Gasteiger partial charge on any atom is -0.351 e. The van der Waals surface area contributed by atoms with E-state index < -0.39 is 0 Å². The number of nitrogens with zero attached hydrogens (tertiary/aromatic N) is 4. The van der Waals surface area contributed by atoms with E-state index in [2.05, 4.69) is 66.8 Å². The lowest BCUT2D eigenvalue weighted by atomic mass is 9.77. The normalized spacial score (nSPS) is 21.3. The first-order valence-corrected chi connectivity index (χ1v) is 8.93. The zero-order valence-electron chi connectivity index (χ0n) is 15.3. The molecule has 0 radical (unpaired) electrons. The highest BCUT2D eigenvalue weighted by Crippen LogP contribution is 2.37. The maximum Gasteiger partial charge on any atom is 0.227 e. The van der Waals surface area contributed by atoms with E-state index in [1.807, 2.05) is 0 Å². The molecular weight excluding hydrogens is 310 g/mol. The molecule has 0 spiro atoms. The van der Waals surface area contributed by atoms with Crippen LogP contribution in [0, 0.1) is 0 Å². The number of aryl methyl sites for hydroxylation is 1. The van der Waals surface area contributed by atoms with Crippen molar-refractivity contribution in [3.05, 3.63) is 11.1 Å². The van der Waals surface area contributed by atoms with Crippen LogP contribution in [0.1, 0.15) is 66.1 Å². The summed E-state index contributed by atoms with van der Waals surface area (Å²) < 4.78 is 0. The van der Waals surface area contributed by atoms with Crippen LogP contribution < -0.4 is 5.32 Å². The van der Waals surface area contributed by atoms with Crippen LogP contribution >= 0.6 is 11.6 Å². The van der Waals surface area contributed by atoms with E-state index in [1.54, 1.807) is 0 Å². The average molecular weight is 340 g/mol. The van der Waals surface area contributed by atoms with Crippen LogP contribution in [0.25, 0.3) is 0 Å². The molecule has 0 unspecified atom stereocenters. The Hall–Kier alpha value is -0.940. The largest absolute Gasteiger partial charge is 0.351 e. The lowest BCUT2D eigenvalue weighted by Crippen LogP contribution is -2.61. The smallest absolute Gasteiger partial charge is 0.227 e. The van der Waals surface area contributed by atoms with Gasteiger partial charge in [-0.25, -0.2) is 4.98 Å². The number of hydrogen-bond acceptors (Lipinski definition) is 5. The van der Waals surface area contributed by atoms with Crippen LogP contribution in [0.2, 0.25) is 5.28 Å². The summed E-state index contributed by atoms with van der Waals surface area (Å²) in [6, 6.07) is 0.327. The van der Waals surface area contributed by atoms with Gasteiger partial charge in [0.05, 0.1) is 0 Å². The van der Waals surface area contributed by atoms with Gasteiger partial charge in [0.15, 0.2) is 0 Å². The predicted octanol–water partition coefficient (Wildman–Crippen LogP) is 3.93. The number of halogens is 1. The van der Waals surface area contributed by atoms with Gasteiger partial charge in [0.1, 0.15) is 5.82 Å². The molecule has 23 heavy (non-hydrogen) atoms. The summed E-state index contributed by atoms with van der Waals surface area (Å²) in [6.07, 6.45) is 5.11. The van der Waals surface area contributed by atoms with Crippen molar-refractivity contribution in [1.82, 2.24) is 19.9 Å². The Morgan fingerprint density at radius 1 is 1.13 bits per heavy atom. The number of anilines is 1. The SMILES string of the molecule is CCCCc1nc(Cl)nc(NC2CC(C)(C)N(C)C(C)(C)C2)n1. The van der Waals surface area contributed by atoms with Crippen molar-refractivity contribution in [2.45, 2.75) is 83.8 Å². The number of likely N-dealkylation sites (tertiary alicyclic amines) is 1. The number of rotatable bonds is 5. The second kappa shape index (κ2) is 6.89. The van der Waals surface area contributed by atoms with Crippen molar-refractivity contribution in [2.75, 3.05) is 12.4 Å². The highest BCUT2D eigenvalue weighted by atomic mass is 35.5. The summed E-state index contributed by atoms with van der Waals surface area (Å²) in [5, 5.41) is 3.77. The van der Waals surface area contributed by atoms with Crippen molar-refractivity contribution in [2.24, 2.45) is 0 Å². The molecule has 130 valence electrons. The van der Waals surface area contributed by atoms with Gasteiger partial charge in [0.2, 0.25) is 11.2 Å². The third kappa shape index (κ3) is 4.54. The molecular formula is C17H30ClN5. The van der Waals surface area contributed by atoms with Crippen molar-refractivity contribution >= 4 is 17.5 Å². The number of piperidine rings is 1. The molecule has 1 saturated heterocycles. The van der Waals surface area contributed by atoms with E-state index in [0.29, 0.717) is 12.0 Å². The maximum absolute atomic E-state index is 6.07. The average Bonchev–Trinajstić information content (AvgIpc) is 2.41. The van der Waals surface area contributed by atoms with E-state index in [0.717, 1.165) is 37.9 Å². The minimum atomic E-state index is 0.126. The Kier molecular flexibility index (Phi) is 5.52. The molecule has 1 fully saturated rings. The van der Waals surface area contributed by atoms with Crippen LogP contribution in [0.5, 0.6) is 0 Å². The number of hydrogen-bond donors (Lipinski definition) is 1. The fourth-order valence-electron chi connectivity index (χ4n) is 3.56. The first-order valence-electron chi connectivity index (χ1n) is 8.55. The van der Waals surface area contributed by atoms with Gasteiger partial charge in [0.25, 0.3) is 0 Å². The standard InChI is InChI=1S/C17H30ClN5/c1-7-8-9-13-20-14(18)22-15(21-13)19-12-10-16(2,3)23(6)17(4,5)11-12/h12H,7-11H2,1-6H3,(H,19,20,21,22). The lowest BCUT2D eigenvalue weighted by Gasteiger charge is -2.53. The van der Waals surface area contributed by atoms with Crippen LogP contribution in [-0.4, -0.2) is 44.0 Å². The Morgan fingerprint density at radius 2 is 1.74 bits per heavy atom. The molecule has 1 aliphatic rings. The molecule has 2 rings (SSSR count). The molecule has 1 aliphatic heterocycles. The lowest BCUT2D eigenvalue weighted by molar-refractivity contribution is -0.00778. The molecule has 5 nitrogen and oxygen atoms in total. The van der Waals surface area contributed by atoms with Gasteiger partial charge in [-0.05, 0) is 65.6 Å². The molecule has 0 amide bonds. The van der Waals surface area contributed by atoms with Crippen LogP contribution in [-0.2, 0) is 6.42 Å². The number of nitrogens with one attached hydrogen (secondary N) is 1. The van der Waals surface area contributed by atoms with E-state index in [1.165, 1.54) is 0 Å². The predicted molar refractivity (Wildman–Crippen MR) is 96.0 cm³/mol. The van der Waals surface area contributed by atoms with Gasteiger partial charge in [-0.1, -0.05) is 13.3 Å². The molecule has 0 aromatic carbocycles. The molecule has 6 heteroatoms. The third-order valence-corrected chi connectivity index (χ3v) is 5.22. The van der Waals surface area contributed by atoms with Gasteiger partial charge >= 0.3 is 0 Å². The highest BCUT2D eigenvalue weighted by Gasteiger charge is 2.43. The monoisotopic (exact) mass is 339 g/mol. The van der Waals surface area contributed by atoms with Gasteiger partial charge in [0, 0.05) is 23.5 Å². The van der Waals surface area contributed by atoms with E-state index in [9.17, 15) is 0 Å². The number of aromatic nitrogens is 3. The summed E-state index contributed by atoms with van der Waals surface area (Å²) in [6.45, 7) is 11.3. The van der Waals surface area contributed by atoms with Crippen LogP contribution in [0.3, 0.4) is 0 Å². The number of unbranched alkanes of at least 4 members (excludes halogenated alkanes) is 1. The third-order valence-electron chi connectivity index (χ3n) is 5.05. The molecule has 1 N–H and O–H groups in total. The van der Waals surface area contributed by atoms with Gasteiger partial charge in [-0.2, -0.15) is 9.97 Å². The summed E-state index contributed by atoms with van der Waals surface area (Å²) in [5.74, 6) is 1.39. The molecule has 0 saturated carbocycles. The summed E-state index contributed by atoms with van der Waals surface area (Å²) >= 11 is 6.07. The van der Waals surface area contributed by atoms with Crippen LogP contribution in [0.15, 0.2) is 0 Å². The quantitative estimate of drug-likeness (QED) is 0.880. The summed E-state index contributed by atoms with van der Waals surface area (Å²) in [7, 11) is 2.21. The molecule has 0 atom stereocenters. The van der Waals surface area contributed by atoms with Gasteiger partial charge in [-0.3, -0.25) is 4.90 Å². The molecule has 0 aliphatic carbocycles. The molecule has 1 aromatic rings. The summed E-state index contributed by atoms with van der Waals surface area (Å²) in [5.41, 5.74) is 0.253. The fourth-order valence-corrected chi connectivity index (χ4v) is 3.74. The maximum atomic E-state index is 6.07. The zero-order valence-corrected chi connectivity index (χ0v) is 16.0. The molecule has 1 aromatic heterocycles. The summed E-state index contributed by atoms with van der Waals surface area (Å²) in [4.78, 5) is 15.5. The highest BCUT2D eigenvalue weighted by molar-refractivity contribution is 6.28. The van der Waals surface area contributed by atoms with Gasteiger partial charge < -0.3 is 5.32 Å². The zero-order chi connectivity index (χ0) is 17.3. The van der Waals surface area contributed by atoms with Crippen LogP contribution in [0.4, 0.5) is 5.95 Å². The van der Waals surface area contributed by atoms with E-state index in [-0.39, 0.29) is 16.4 Å². The molecule has 0 bridgehead atoms. The van der Waals surface area contributed by atoms with Crippen molar-refractivity contribution in [3.63, 3.8) is 0 Å². The van der Waals surface area contributed by atoms with Crippen molar-refractivity contribution in [3.8, 4) is 0 Å². The Balaban J connectivity index is 2.14. The topological polar surface area (TPSA) is 53.9 Å². The Morgan fingerprint density at radius 3 is 2.30 bits per heavy atom. The van der Waals surface area contributed by atoms with Crippen molar-refractivity contribution < 1.29 is 0 Å². The van der Waals surface area contributed by atoms with E-state index in [4.69, 9.17) is 11.6 Å². The van der Waals surface area contributed by atoms with Crippen molar-refractivity contribution in [1.29, 1.82) is 0 Å². The second-order valence-electron chi connectivity index (χ2n) is 7.88. The minimum absolute atomic E-state index is 0.126. The molecule has 2 heterocycles. The first-order chi connectivity index (χ1) is 10.6. The fraction of sp³-hybridized carbons (Fsp3) is 0.824.